The van der Waals surface area contributed by atoms with Gasteiger partial charge in [0.25, 0.3) is 5.91 Å². The van der Waals surface area contributed by atoms with Gasteiger partial charge in [0.2, 0.25) is 0 Å². The number of methoxy groups -OCH3 is 1. The van der Waals surface area contributed by atoms with E-state index in [9.17, 15) is 13.6 Å². The predicted molar refractivity (Wildman–Crippen MR) is 94.1 cm³/mol. The highest BCUT2D eigenvalue weighted by Gasteiger charge is 2.16. The van der Waals surface area contributed by atoms with E-state index in [-0.39, 0.29) is 11.4 Å². The number of fused-ring (bicyclic) bond motifs is 1. The van der Waals surface area contributed by atoms with Crippen molar-refractivity contribution in [3.63, 3.8) is 0 Å². The highest BCUT2D eigenvalue weighted by molar-refractivity contribution is 6.07. The first-order valence-electron chi connectivity index (χ1n) is 7.90. The number of anilines is 1. The van der Waals surface area contributed by atoms with Crippen LogP contribution in [-0.4, -0.2) is 33.0 Å². The molecule has 0 spiro atoms. The molecule has 2 N–H and O–H groups in total. The Labute approximate surface area is 151 Å². The fourth-order valence-electron chi connectivity index (χ4n) is 2.63. The predicted octanol–water partition coefficient (Wildman–Crippen LogP) is 3.29. The lowest BCUT2D eigenvalue weighted by Crippen LogP contribution is -2.14. The second-order valence-electron chi connectivity index (χ2n) is 5.68. The van der Waals surface area contributed by atoms with E-state index in [1.54, 1.807) is 25.3 Å². The lowest BCUT2D eigenvalue weighted by molar-refractivity contribution is 0.102. The summed E-state index contributed by atoms with van der Waals surface area (Å²) < 4.78 is 33.2. The minimum absolute atomic E-state index is 0.0328. The first-order valence-corrected chi connectivity index (χ1v) is 7.90. The first kappa shape index (κ1) is 16.7. The normalized spacial score (nSPS) is 10.9. The molecule has 0 fully saturated rings. The molecule has 0 radical (unpaired) electrons. The van der Waals surface area contributed by atoms with Crippen molar-refractivity contribution >= 4 is 22.6 Å². The Balaban J connectivity index is 1.60. The molecular weight excluding hydrogens is 356 g/mol. The molecule has 27 heavy (non-hydrogen) atoms. The van der Waals surface area contributed by atoms with Crippen LogP contribution in [-0.2, 0) is 0 Å². The standard InChI is InChI=1S/C18H13F2N5O2/c1-27-11-3-4-14-12(9-11)17(23-22-14)21-18(26)15-6-7-25(24-15)16-5-2-10(19)8-13(16)20/h2-9H,1H3,(H2,21,22,23,26). The summed E-state index contributed by atoms with van der Waals surface area (Å²) >= 11 is 0. The lowest BCUT2D eigenvalue weighted by atomic mass is 10.2. The Hall–Kier alpha value is -3.75. The summed E-state index contributed by atoms with van der Waals surface area (Å²) in [5.41, 5.74) is 0.813. The zero-order valence-corrected chi connectivity index (χ0v) is 14.0. The van der Waals surface area contributed by atoms with Crippen LogP contribution in [0.25, 0.3) is 16.6 Å². The summed E-state index contributed by atoms with van der Waals surface area (Å²) in [6.45, 7) is 0. The van der Waals surface area contributed by atoms with E-state index in [1.807, 2.05) is 0 Å². The van der Waals surface area contributed by atoms with E-state index in [0.717, 1.165) is 22.3 Å². The number of carbonyl (C=O) groups is 1. The van der Waals surface area contributed by atoms with Gasteiger partial charge in [-0.2, -0.15) is 10.2 Å². The van der Waals surface area contributed by atoms with Crippen molar-refractivity contribution in [3.8, 4) is 11.4 Å². The molecule has 1 amide bonds. The molecule has 0 saturated heterocycles. The fourth-order valence-corrected chi connectivity index (χ4v) is 2.63. The first-order chi connectivity index (χ1) is 13.0. The van der Waals surface area contributed by atoms with Gasteiger partial charge < -0.3 is 10.1 Å². The van der Waals surface area contributed by atoms with Crippen molar-refractivity contribution in [1.29, 1.82) is 0 Å². The number of hydrogen-bond acceptors (Lipinski definition) is 4. The Kier molecular flexibility index (Phi) is 4.03. The molecule has 0 saturated carbocycles. The smallest absolute Gasteiger partial charge is 0.277 e. The van der Waals surface area contributed by atoms with Gasteiger partial charge in [-0.3, -0.25) is 9.89 Å². The van der Waals surface area contributed by atoms with Crippen molar-refractivity contribution in [2.45, 2.75) is 0 Å². The van der Waals surface area contributed by atoms with E-state index in [1.165, 1.54) is 18.3 Å². The van der Waals surface area contributed by atoms with Crippen LogP contribution < -0.4 is 10.1 Å². The summed E-state index contributed by atoms with van der Waals surface area (Å²) in [6.07, 6.45) is 1.41. The second kappa shape index (κ2) is 6.52. The molecule has 4 rings (SSSR count). The highest BCUT2D eigenvalue weighted by Crippen LogP contribution is 2.25. The third kappa shape index (κ3) is 3.10. The molecule has 7 nitrogen and oxygen atoms in total. The average Bonchev–Trinajstić information content (AvgIpc) is 3.29. The third-order valence-corrected chi connectivity index (χ3v) is 3.98. The number of ether oxygens (including phenoxy) is 1. The SMILES string of the molecule is COc1ccc2[nH]nc(NC(=O)c3ccn(-c4ccc(F)cc4F)n3)c2c1. The molecule has 4 aromatic rings. The molecular formula is C18H13F2N5O2. The molecule has 0 atom stereocenters. The molecule has 0 bridgehead atoms. The molecule has 2 aromatic heterocycles. The fraction of sp³-hybridized carbons (Fsp3) is 0.0556. The van der Waals surface area contributed by atoms with Crippen LogP contribution in [0.4, 0.5) is 14.6 Å². The summed E-state index contributed by atoms with van der Waals surface area (Å²) in [7, 11) is 1.54. The van der Waals surface area contributed by atoms with E-state index in [2.05, 4.69) is 20.6 Å². The monoisotopic (exact) mass is 369 g/mol. The maximum absolute atomic E-state index is 13.9. The number of nitrogens with zero attached hydrogens (tertiary/aromatic N) is 3. The van der Waals surface area contributed by atoms with Crippen LogP contribution in [0.3, 0.4) is 0 Å². The second-order valence-corrected chi connectivity index (χ2v) is 5.68. The van der Waals surface area contributed by atoms with Gasteiger partial charge in [0.05, 0.1) is 12.6 Å². The van der Waals surface area contributed by atoms with Gasteiger partial charge in [0.15, 0.2) is 17.3 Å². The minimum atomic E-state index is -0.782. The van der Waals surface area contributed by atoms with Gasteiger partial charge in [-0.05, 0) is 36.4 Å². The van der Waals surface area contributed by atoms with Crippen LogP contribution in [0.5, 0.6) is 5.75 Å². The number of aromatic nitrogens is 4. The summed E-state index contributed by atoms with van der Waals surface area (Å²) in [5.74, 6) is -1.06. The van der Waals surface area contributed by atoms with Crippen molar-refractivity contribution < 1.29 is 18.3 Å². The Morgan fingerprint density at radius 2 is 2.04 bits per heavy atom. The number of carbonyl (C=O) groups excluding carboxylic acids is 1. The average molecular weight is 369 g/mol. The van der Waals surface area contributed by atoms with Crippen LogP contribution >= 0.6 is 0 Å². The molecule has 0 unspecified atom stereocenters. The van der Waals surface area contributed by atoms with Crippen molar-refractivity contribution in [2.75, 3.05) is 12.4 Å². The van der Waals surface area contributed by atoms with Gasteiger partial charge >= 0.3 is 0 Å². The number of rotatable bonds is 4. The number of amides is 1. The Morgan fingerprint density at radius 3 is 2.81 bits per heavy atom. The van der Waals surface area contributed by atoms with Crippen LogP contribution in [0.15, 0.2) is 48.7 Å². The summed E-state index contributed by atoms with van der Waals surface area (Å²) in [6, 6.07) is 9.82. The number of hydrogen-bond donors (Lipinski definition) is 2. The maximum atomic E-state index is 13.9. The van der Waals surface area contributed by atoms with Crippen molar-refractivity contribution in [2.24, 2.45) is 0 Å². The van der Waals surface area contributed by atoms with Crippen molar-refractivity contribution in [3.05, 3.63) is 66.0 Å². The molecule has 0 aliphatic carbocycles. The summed E-state index contributed by atoms with van der Waals surface area (Å²) in [5, 5.41) is 14.3. The topological polar surface area (TPSA) is 84.8 Å². The Bertz CT molecular complexity index is 1150. The van der Waals surface area contributed by atoms with Gasteiger partial charge in [0, 0.05) is 17.6 Å². The number of benzene rings is 2. The van der Waals surface area contributed by atoms with E-state index in [4.69, 9.17) is 4.74 Å². The van der Waals surface area contributed by atoms with Crippen LogP contribution in [0, 0.1) is 11.6 Å². The molecule has 2 heterocycles. The summed E-state index contributed by atoms with van der Waals surface area (Å²) in [4.78, 5) is 12.5. The zero-order chi connectivity index (χ0) is 19.0. The number of H-pyrrole nitrogens is 1. The van der Waals surface area contributed by atoms with Gasteiger partial charge in [-0.15, -0.1) is 0 Å². The molecule has 2 aromatic carbocycles. The third-order valence-electron chi connectivity index (χ3n) is 3.98. The zero-order valence-electron chi connectivity index (χ0n) is 14.0. The number of aromatic amines is 1. The lowest BCUT2D eigenvalue weighted by Gasteiger charge is -2.03. The number of halogens is 2. The Morgan fingerprint density at radius 1 is 1.19 bits per heavy atom. The largest absolute Gasteiger partial charge is 0.497 e. The van der Waals surface area contributed by atoms with Gasteiger partial charge in [-0.1, -0.05) is 0 Å². The maximum Gasteiger partial charge on any atom is 0.277 e. The van der Waals surface area contributed by atoms with E-state index < -0.39 is 17.5 Å². The highest BCUT2D eigenvalue weighted by atomic mass is 19.1. The molecule has 136 valence electrons. The number of nitrogens with one attached hydrogen (secondary N) is 2. The minimum Gasteiger partial charge on any atom is -0.497 e. The molecule has 9 heteroatoms. The quantitative estimate of drug-likeness (QED) is 0.578. The van der Waals surface area contributed by atoms with E-state index in [0.29, 0.717) is 17.0 Å². The van der Waals surface area contributed by atoms with Gasteiger partial charge in [0.1, 0.15) is 17.3 Å². The van der Waals surface area contributed by atoms with E-state index >= 15 is 0 Å². The molecule has 0 aliphatic heterocycles. The van der Waals surface area contributed by atoms with Crippen LogP contribution in [0.1, 0.15) is 10.5 Å². The van der Waals surface area contributed by atoms with Crippen molar-refractivity contribution in [1.82, 2.24) is 20.0 Å². The van der Waals surface area contributed by atoms with Gasteiger partial charge in [-0.25, -0.2) is 13.5 Å². The molecule has 0 aliphatic rings. The van der Waals surface area contributed by atoms with Crippen LogP contribution in [0.2, 0.25) is 0 Å².